The van der Waals surface area contributed by atoms with Crippen molar-refractivity contribution in [2.45, 2.75) is 23.2 Å². The number of amides is 1. The van der Waals surface area contributed by atoms with Crippen LogP contribution in [0.3, 0.4) is 0 Å². The van der Waals surface area contributed by atoms with Gasteiger partial charge in [-0.05, 0) is 23.8 Å². The van der Waals surface area contributed by atoms with Gasteiger partial charge < -0.3 is 15.0 Å². The van der Waals surface area contributed by atoms with Crippen LogP contribution in [-0.2, 0) is 18.3 Å². The van der Waals surface area contributed by atoms with Gasteiger partial charge in [0.05, 0.1) is 24.5 Å². The third-order valence-corrected chi connectivity index (χ3v) is 4.95. The van der Waals surface area contributed by atoms with Crippen LogP contribution >= 0.6 is 11.8 Å². The van der Waals surface area contributed by atoms with Gasteiger partial charge in [-0.15, -0.1) is 0 Å². The van der Waals surface area contributed by atoms with E-state index in [1.54, 1.807) is 0 Å². The number of alkyl halides is 2. The number of nitrogens with zero attached hydrogens (tertiary/aromatic N) is 2. The fraction of sp³-hybridized carbons (Fsp3) is 0.333. The molecule has 2 aromatic rings. The van der Waals surface area contributed by atoms with Crippen LogP contribution in [0.2, 0.25) is 0 Å². The highest BCUT2D eigenvalue weighted by atomic mass is 32.2. The molecule has 7 nitrogen and oxygen atoms in total. The highest BCUT2D eigenvalue weighted by Gasteiger charge is 2.34. The molecule has 0 saturated carbocycles. The Kier molecular flexibility index (Phi) is 6.50. The molecule has 1 aromatic carbocycles. The Labute approximate surface area is 168 Å². The van der Waals surface area contributed by atoms with Crippen LogP contribution in [0.5, 0.6) is 0 Å². The lowest BCUT2D eigenvalue weighted by Crippen LogP contribution is -2.50. The molecule has 156 valence electrons. The molecule has 0 fully saturated rings. The van der Waals surface area contributed by atoms with Crippen molar-refractivity contribution < 1.29 is 27.9 Å². The van der Waals surface area contributed by atoms with Crippen LogP contribution in [0.4, 0.5) is 18.9 Å². The van der Waals surface area contributed by atoms with Gasteiger partial charge >= 0.3 is 0 Å². The quantitative estimate of drug-likeness (QED) is 0.657. The molecule has 1 aliphatic rings. The summed E-state index contributed by atoms with van der Waals surface area (Å²) in [5.74, 6) is -4.01. The fourth-order valence-corrected chi connectivity index (χ4v) is 3.47. The molecular weight excluding hydrogens is 411 g/mol. The van der Waals surface area contributed by atoms with E-state index >= 15 is 0 Å². The van der Waals surface area contributed by atoms with Crippen LogP contribution < -0.4 is 10.9 Å². The number of aryl methyl sites for hydroxylation is 1. The topological polar surface area (TPSA) is 83.8 Å². The highest BCUT2D eigenvalue weighted by Crippen LogP contribution is 2.30. The minimum absolute atomic E-state index is 0.0219. The molecule has 1 aromatic heterocycles. The average Bonchev–Trinajstić information content (AvgIpc) is 2.65. The lowest BCUT2D eigenvalue weighted by molar-refractivity contribution is -0.152. The van der Waals surface area contributed by atoms with Gasteiger partial charge in [-0.1, -0.05) is 11.8 Å². The predicted molar refractivity (Wildman–Crippen MR) is 100 cm³/mol. The molecule has 2 heterocycles. The minimum Gasteiger partial charge on any atom is -0.394 e. The zero-order valence-corrected chi connectivity index (χ0v) is 16.1. The van der Waals surface area contributed by atoms with E-state index < -0.39 is 23.6 Å². The van der Waals surface area contributed by atoms with E-state index in [-0.39, 0.29) is 53.1 Å². The van der Waals surface area contributed by atoms with E-state index in [0.29, 0.717) is 5.56 Å². The molecule has 1 unspecified atom stereocenters. The maximum atomic E-state index is 14.4. The number of hydroxylamine groups is 2. The first-order valence-corrected chi connectivity index (χ1v) is 9.46. The number of hydrogen-bond donors (Lipinski definition) is 2. The largest absolute Gasteiger partial charge is 0.394 e. The van der Waals surface area contributed by atoms with E-state index in [0.717, 1.165) is 11.1 Å². The van der Waals surface area contributed by atoms with Gasteiger partial charge in [-0.2, -0.15) is 13.8 Å². The molecule has 0 bridgehead atoms. The summed E-state index contributed by atoms with van der Waals surface area (Å²) in [6.45, 7) is -0.512. The number of anilines is 1. The van der Waals surface area contributed by atoms with Crippen molar-refractivity contribution in [3.8, 4) is 0 Å². The summed E-state index contributed by atoms with van der Waals surface area (Å²) in [7, 11) is 1.51. The molecule has 2 N–H and O–H groups in total. The van der Waals surface area contributed by atoms with E-state index in [4.69, 9.17) is 9.94 Å². The summed E-state index contributed by atoms with van der Waals surface area (Å²) in [4.78, 5) is 30.1. The Hall–Kier alpha value is -2.50. The van der Waals surface area contributed by atoms with Crippen LogP contribution in [0.25, 0.3) is 0 Å². The number of aliphatic hydroxyl groups excluding tert-OH is 1. The van der Waals surface area contributed by atoms with E-state index in [2.05, 4.69) is 5.32 Å². The van der Waals surface area contributed by atoms with Gasteiger partial charge in [-0.25, -0.2) is 4.39 Å². The van der Waals surface area contributed by atoms with Crippen LogP contribution in [0.1, 0.15) is 15.9 Å². The fourth-order valence-electron chi connectivity index (χ4n) is 2.95. The second kappa shape index (κ2) is 8.89. The molecule has 1 aliphatic heterocycles. The van der Waals surface area contributed by atoms with Gasteiger partial charge in [-0.3, -0.25) is 14.4 Å². The van der Waals surface area contributed by atoms with Crippen molar-refractivity contribution in [2.24, 2.45) is 7.05 Å². The van der Waals surface area contributed by atoms with Crippen LogP contribution in [0, 0.1) is 5.82 Å². The zero-order chi connectivity index (χ0) is 21.1. The lowest BCUT2D eigenvalue weighted by atomic mass is 10.00. The predicted octanol–water partition coefficient (Wildman–Crippen LogP) is 2.20. The van der Waals surface area contributed by atoms with Crippen molar-refractivity contribution >= 4 is 23.4 Å². The molecule has 11 heteroatoms. The molecule has 3 rings (SSSR count). The average molecular weight is 429 g/mol. The summed E-state index contributed by atoms with van der Waals surface area (Å²) in [5.41, 5.74) is 0.392. The summed E-state index contributed by atoms with van der Waals surface area (Å²) < 4.78 is 40.6. The second-order valence-corrected chi connectivity index (χ2v) is 7.30. The van der Waals surface area contributed by atoms with Gasteiger partial charge in [0, 0.05) is 30.6 Å². The maximum Gasteiger partial charge on any atom is 0.288 e. The number of thioether (sulfide) groups is 1. The third-order valence-electron chi connectivity index (χ3n) is 4.25. The second-order valence-electron chi connectivity index (χ2n) is 6.23. The number of fused-ring (bicyclic) bond motifs is 1. The number of aromatic nitrogens is 1. The Bertz CT molecular complexity index is 970. The van der Waals surface area contributed by atoms with Crippen molar-refractivity contribution in [1.29, 1.82) is 0 Å². The zero-order valence-electron chi connectivity index (χ0n) is 15.3. The SMILES string of the molecule is Cn1cc2c(cc1=O)CC(Nc1ccc(SC(F)F)cc1F)N(OCCO)C2=O. The number of pyridine rings is 1. The minimum atomic E-state index is -2.68. The number of benzene rings is 1. The first kappa shape index (κ1) is 21.2. The van der Waals surface area contributed by atoms with Crippen molar-refractivity contribution in [1.82, 2.24) is 9.63 Å². The maximum absolute atomic E-state index is 14.4. The first-order valence-electron chi connectivity index (χ1n) is 8.58. The van der Waals surface area contributed by atoms with E-state index in [9.17, 15) is 22.8 Å². The molecule has 0 radical (unpaired) electrons. The van der Waals surface area contributed by atoms with E-state index in [1.807, 2.05) is 0 Å². The van der Waals surface area contributed by atoms with Gasteiger partial charge in [0.2, 0.25) is 0 Å². The normalized spacial score (nSPS) is 16.3. The molecule has 29 heavy (non-hydrogen) atoms. The van der Waals surface area contributed by atoms with Gasteiger partial charge in [0.1, 0.15) is 12.0 Å². The Morgan fingerprint density at radius 3 is 2.76 bits per heavy atom. The summed E-state index contributed by atoms with van der Waals surface area (Å²) in [6.07, 6.45) is 0.648. The number of carbonyl (C=O) groups excluding carboxylic acids is 1. The van der Waals surface area contributed by atoms with Crippen molar-refractivity contribution in [2.75, 3.05) is 18.5 Å². The summed E-state index contributed by atoms with van der Waals surface area (Å²) in [5, 5.41) is 12.8. The molecular formula is C18H18F3N3O4S. The van der Waals surface area contributed by atoms with E-state index in [1.165, 1.54) is 36.0 Å². The lowest BCUT2D eigenvalue weighted by Gasteiger charge is -2.36. The standard InChI is InChI=1S/C18H18F3N3O4S/c1-23-9-12-10(7-16(23)26)6-15(24(17(12)27)28-5-4-25)22-14-3-2-11(8-13(14)19)29-18(20)21/h2-3,7-9,15,18,22,25H,4-6H2,1H3. The monoisotopic (exact) mass is 429 g/mol. The summed E-state index contributed by atoms with van der Waals surface area (Å²) >= 11 is 0.218. The molecule has 0 aliphatic carbocycles. The van der Waals surface area contributed by atoms with Crippen molar-refractivity contribution in [3.63, 3.8) is 0 Å². The number of nitrogens with one attached hydrogen (secondary N) is 1. The Morgan fingerprint density at radius 2 is 2.10 bits per heavy atom. The third kappa shape index (κ3) is 4.74. The Morgan fingerprint density at radius 1 is 1.34 bits per heavy atom. The van der Waals surface area contributed by atoms with Gasteiger partial charge in [0.25, 0.3) is 17.2 Å². The number of carbonyl (C=O) groups is 1. The number of aliphatic hydroxyl groups is 1. The Balaban J connectivity index is 1.90. The number of hydrogen-bond acceptors (Lipinski definition) is 6. The highest BCUT2D eigenvalue weighted by molar-refractivity contribution is 7.99. The molecule has 1 atom stereocenters. The number of halogens is 3. The number of rotatable bonds is 7. The van der Waals surface area contributed by atoms with Crippen LogP contribution in [-0.4, -0.2) is 45.8 Å². The first-order chi connectivity index (χ1) is 13.8. The molecule has 0 spiro atoms. The smallest absolute Gasteiger partial charge is 0.288 e. The van der Waals surface area contributed by atoms with Gasteiger partial charge in [0.15, 0.2) is 0 Å². The van der Waals surface area contributed by atoms with Crippen LogP contribution in [0.15, 0.2) is 40.2 Å². The molecule has 0 saturated heterocycles. The summed E-state index contributed by atoms with van der Waals surface area (Å²) in [6, 6.07) is 4.90. The van der Waals surface area contributed by atoms with Crippen molar-refractivity contribution in [3.05, 3.63) is 57.8 Å². The molecule has 1 amide bonds.